The van der Waals surface area contributed by atoms with Crippen LogP contribution in [0.2, 0.25) is 0 Å². The smallest absolute Gasteiger partial charge is 0.134 e. The van der Waals surface area contributed by atoms with Crippen molar-refractivity contribution in [2.75, 3.05) is 11.5 Å². The number of rotatable bonds is 6. The standard InChI is InChI=1S/C46H62N2O2/c1-42(2,3)36-26-30(27-37(43(4,5)6)40(36)49-34-20-16-32(47)17-21-34)46(24-14-13-15-25-46)31-28-38(44(7,8)9)41(39(29-31)45(10,11)12)50-35-22-18-33(48)19-23-35/h16-23,26-29H,13-15,24-25,47-48H2,1-12H3. The second-order valence-electron chi connectivity index (χ2n) is 18.8. The highest BCUT2D eigenvalue weighted by Crippen LogP contribution is 2.53. The molecule has 0 saturated heterocycles. The molecule has 1 aliphatic rings. The average molecular weight is 675 g/mol. The average Bonchev–Trinajstić information content (AvgIpc) is 3.01. The molecule has 0 radical (unpaired) electrons. The van der Waals surface area contributed by atoms with Gasteiger partial charge >= 0.3 is 0 Å². The van der Waals surface area contributed by atoms with E-state index < -0.39 is 0 Å². The highest BCUT2D eigenvalue weighted by atomic mass is 16.5. The first kappa shape index (κ1) is 37.3. The Morgan fingerprint density at radius 3 is 0.980 bits per heavy atom. The van der Waals surface area contributed by atoms with Gasteiger partial charge in [0.15, 0.2) is 0 Å². The molecule has 0 atom stereocenters. The third-order valence-corrected chi connectivity index (χ3v) is 10.4. The number of nitrogen functional groups attached to an aromatic ring is 2. The Hall–Kier alpha value is -3.92. The molecule has 268 valence electrons. The van der Waals surface area contributed by atoms with Gasteiger partial charge in [0.2, 0.25) is 0 Å². The van der Waals surface area contributed by atoms with Gasteiger partial charge in [-0.25, -0.2) is 0 Å². The van der Waals surface area contributed by atoms with Gasteiger partial charge in [-0.1, -0.05) is 127 Å². The lowest BCUT2D eigenvalue weighted by Crippen LogP contribution is -2.33. The maximum Gasteiger partial charge on any atom is 0.134 e. The van der Waals surface area contributed by atoms with Crippen molar-refractivity contribution in [2.45, 2.75) is 142 Å². The van der Waals surface area contributed by atoms with E-state index in [-0.39, 0.29) is 27.1 Å². The fraction of sp³-hybridized carbons (Fsp3) is 0.478. The first-order valence-electron chi connectivity index (χ1n) is 18.6. The monoisotopic (exact) mass is 674 g/mol. The lowest BCUT2D eigenvalue weighted by Gasteiger charge is -2.42. The van der Waals surface area contributed by atoms with Crippen molar-refractivity contribution in [1.29, 1.82) is 0 Å². The highest BCUT2D eigenvalue weighted by molar-refractivity contribution is 5.60. The molecule has 5 rings (SSSR count). The largest absolute Gasteiger partial charge is 0.457 e. The summed E-state index contributed by atoms with van der Waals surface area (Å²) >= 11 is 0. The van der Waals surface area contributed by atoms with Crippen LogP contribution < -0.4 is 20.9 Å². The van der Waals surface area contributed by atoms with Gasteiger partial charge in [0.1, 0.15) is 23.0 Å². The van der Waals surface area contributed by atoms with E-state index in [0.29, 0.717) is 0 Å². The van der Waals surface area contributed by atoms with Gasteiger partial charge in [-0.15, -0.1) is 0 Å². The zero-order chi connectivity index (χ0) is 36.9. The van der Waals surface area contributed by atoms with Crippen LogP contribution in [0, 0.1) is 0 Å². The van der Waals surface area contributed by atoms with Gasteiger partial charge in [0.25, 0.3) is 0 Å². The highest BCUT2D eigenvalue weighted by Gasteiger charge is 2.41. The second kappa shape index (κ2) is 13.3. The molecule has 1 fully saturated rings. The first-order valence-corrected chi connectivity index (χ1v) is 18.6. The molecule has 4 heteroatoms. The molecule has 0 aliphatic heterocycles. The molecule has 0 bridgehead atoms. The van der Waals surface area contributed by atoms with Crippen LogP contribution in [0.25, 0.3) is 0 Å². The van der Waals surface area contributed by atoms with Crippen LogP contribution in [-0.4, -0.2) is 0 Å². The van der Waals surface area contributed by atoms with Crippen molar-refractivity contribution >= 4 is 11.4 Å². The van der Waals surface area contributed by atoms with Crippen LogP contribution in [0.15, 0.2) is 72.8 Å². The van der Waals surface area contributed by atoms with Crippen molar-refractivity contribution < 1.29 is 9.47 Å². The maximum atomic E-state index is 6.86. The van der Waals surface area contributed by atoms with Gasteiger partial charge < -0.3 is 20.9 Å². The Kier molecular flexibility index (Phi) is 9.95. The van der Waals surface area contributed by atoms with E-state index in [1.165, 1.54) is 52.6 Å². The molecule has 4 aromatic rings. The summed E-state index contributed by atoms with van der Waals surface area (Å²) in [6.07, 6.45) is 5.85. The Bertz CT molecular complexity index is 1600. The molecule has 0 spiro atoms. The first-order chi connectivity index (χ1) is 23.1. The molecule has 4 aromatic carbocycles. The van der Waals surface area contributed by atoms with Gasteiger partial charge in [-0.3, -0.25) is 0 Å². The van der Waals surface area contributed by atoms with E-state index >= 15 is 0 Å². The molecule has 4 nitrogen and oxygen atoms in total. The Balaban J connectivity index is 1.82. The molecular formula is C46H62N2O2. The molecule has 0 aromatic heterocycles. The molecular weight excluding hydrogens is 613 g/mol. The molecule has 1 aliphatic carbocycles. The summed E-state index contributed by atoms with van der Waals surface area (Å²) in [6, 6.07) is 25.5. The molecule has 50 heavy (non-hydrogen) atoms. The fourth-order valence-electron chi connectivity index (χ4n) is 7.47. The number of anilines is 2. The number of hydrogen-bond donors (Lipinski definition) is 2. The Morgan fingerprint density at radius 2 is 0.720 bits per heavy atom. The zero-order valence-electron chi connectivity index (χ0n) is 32.9. The van der Waals surface area contributed by atoms with Crippen LogP contribution in [0.5, 0.6) is 23.0 Å². The number of ether oxygens (including phenoxy) is 2. The predicted octanol–water partition coefficient (Wildman–Crippen LogP) is 12.9. The van der Waals surface area contributed by atoms with Crippen LogP contribution in [-0.2, 0) is 27.1 Å². The summed E-state index contributed by atoms with van der Waals surface area (Å²) in [6.45, 7) is 27.7. The lowest BCUT2D eigenvalue weighted by atomic mass is 9.62. The Labute approximate surface area is 303 Å². The van der Waals surface area contributed by atoms with Crippen molar-refractivity contribution in [3.63, 3.8) is 0 Å². The van der Waals surface area contributed by atoms with Gasteiger partial charge in [-0.2, -0.15) is 0 Å². The van der Waals surface area contributed by atoms with E-state index in [9.17, 15) is 0 Å². The molecule has 4 N–H and O–H groups in total. The van der Waals surface area contributed by atoms with E-state index in [1.54, 1.807) is 0 Å². The Morgan fingerprint density at radius 1 is 0.440 bits per heavy atom. The predicted molar refractivity (Wildman–Crippen MR) is 213 cm³/mol. The van der Waals surface area contributed by atoms with E-state index in [2.05, 4.69) is 107 Å². The SMILES string of the molecule is CC(C)(C)c1cc(C2(c3cc(C(C)(C)C)c(Oc4ccc(N)cc4)c(C(C)(C)C)c3)CCCCC2)cc(C(C)(C)C)c1Oc1ccc(N)cc1. The summed E-state index contributed by atoms with van der Waals surface area (Å²) in [5, 5.41) is 0. The summed E-state index contributed by atoms with van der Waals surface area (Å²) in [7, 11) is 0. The maximum absolute atomic E-state index is 6.86. The minimum atomic E-state index is -0.155. The number of hydrogen-bond acceptors (Lipinski definition) is 4. The topological polar surface area (TPSA) is 70.5 Å². The zero-order valence-corrected chi connectivity index (χ0v) is 32.9. The fourth-order valence-corrected chi connectivity index (χ4v) is 7.47. The van der Waals surface area contributed by atoms with Crippen LogP contribution in [0.4, 0.5) is 11.4 Å². The lowest BCUT2D eigenvalue weighted by molar-refractivity contribution is 0.341. The third kappa shape index (κ3) is 7.85. The van der Waals surface area contributed by atoms with Crippen molar-refractivity contribution in [2.24, 2.45) is 0 Å². The summed E-state index contributed by atoms with van der Waals surface area (Å²) < 4.78 is 13.7. The van der Waals surface area contributed by atoms with E-state index in [4.69, 9.17) is 20.9 Å². The van der Waals surface area contributed by atoms with E-state index in [1.807, 2.05) is 48.5 Å². The van der Waals surface area contributed by atoms with Crippen LogP contribution in [0.3, 0.4) is 0 Å². The van der Waals surface area contributed by atoms with E-state index in [0.717, 1.165) is 47.2 Å². The van der Waals surface area contributed by atoms with Crippen molar-refractivity contribution in [3.05, 3.63) is 106 Å². The molecule has 0 amide bonds. The van der Waals surface area contributed by atoms with Gasteiger partial charge in [0, 0.05) is 39.0 Å². The molecule has 0 unspecified atom stereocenters. The second-order valence-corrected chi connectivity index (χ2v) is 18.8. The number of benzene rings is 4. The minimum absolute atomic E-state index is 0.154. The number of nitrogens with two attached hydrogens (primary N) is 2. The molecule has 1 saturated carbocycles. The van der Waals surface area contributed by atoms with Crippen LogP contribution in [0.1, 0.15) is 149 Å². The summed E-state index contributed by atoms with van der Waals surface area (Å²) in [4.78, 5) is 0. The molecule has 0 heterocycles. The quantitative estimate of drug-likeness (QED) is 0.200. The van der Waals surface area contributed by atoms with Crippen molar-refractivity contribution in [3.8, 4) is 23.0 Å². The summed E-state index contributed by atoms with van der Waals surface area (Å²) in [5.74, 6) is 3.53. The normalized spacial score (nSPS) is 15.5. The minimum Gasteiger partial charge on any atom is -0.457 e. The summed E-state index contributed by atoms with van der Waals surface area (Å²) in [5.41, 5.74) is 20.5. The van der Waals surface area contributed by atoms with Crippen molar-refractivity contribution in [1.82, 2.24) is 0 Å². The van der Waals surface area contributed by atoms with Crippen LogP contribution >= 0.6 is 0 Å². The van der Waals surface area contributed by atoms with Gasteiger partial charge in [0.05, 0.1) is 0 Å². The third-order valence-electron chi connectivity index (χ3n) is 10.4. The van der Waals surface area contributed by atoms with Gasteiger partial charge in [-0.05, 0) is 94.2 Å².